The zero-order valence-electron chi connectivity index (χ0n) is 10.9. The Labute approximate surface area is 107 Å². The SMILES string of the molecule is COc1cc(NCC(O)CN)cc(OC)c1OC. The Morgan fingerprint density at radius 2 is 1.72 bits per heavy atom. The number of hydrogen-bond acceptors (Lipinski definition) is 6. The third-order valence-electron chi connectivity index (χ3n) is 2.48. The van der Waals surface area contributed by atoms with E-state index in [4.69, 9.17) is 19.9 Å². The van der Waals surface area contributed by atoms with Crippen LogP contribution in [0.5, 0.6) is 17.2 Å². The molecule has 0 aliphatic heterocycles. The average Bonchev–Trinajstić information content (AvgIpc) is 2.43. The maximum Gasteiger partial charge on any atom is 0.203 e. The first-order valence-corrected chi connectivity index (χ1v) is 5.58. The standard InChI is InChI=1S/C12H20N2O4/c1-16-10-4-8(14-7-9(15)6-13)5-11(17-2)12(10)18-3/h4-5,9,14-15H,6-7,13H2,1-3H3. The van der Waals surface area contributed by atoms with Crippen LogP contribution in [-0.2, 0) is 0 Å². The van der Waals surface area contributed by atoms with Crippen LogP contribution >= 0.6 is 0 Å². The molecule has 4 N–H and O–H groups in total. The number of aliphatic hydroxyl groups excluding tert-OH is 1. The maximum absolute atomic E-state index is 9.40. The maximum atomic E-state index is 9.40. The molecule has 0 aromatic heterocycles. The van der Waals surface area contributed by atoms with Crippen molar-refractivity contribution in [2.45, 2.75) is 6.10 Å². The third-order valence-corrected chi connectivity index (χ3v) is 2.48. The number of hydrogen-bond donors (Lipinski definition) is 3. The number of nitrogens with two attached hydrogens (primary N) is 1. The Morgan fingerprint density at radius 1 is 1.17 bits per heavy atom. The van der Waals surface area contributed by atoms with Gasteiger partial charge in [-0.05, 0) is 0 Å². The van der Waals surface area contributed by atoms with E-state index < -0.39 is 6.10 Å². The normalized spacial score (nSPS) is 11.8. The fourth-order valence-electron chi connectivity index (χ4n) is 1.50. The van der Waals surface area contributed by atoms with E-state index in [9.17, 15) is 5.11 Å². The number of aliphatic hydroxyl groups is 1. The Kier molecular flexibility index (Phi) is 5.54. The van der Waals surface area contributed by atoms with Crippen LogP contribution in [0.4, 0.5) is 5.69 Å². The molecule has 0 heterocycles. The van der Waals surface area contributed by atoms with E-state index >= 15 is 0 Å². The second-order valence-corrected chi connectivity index (χ2v) is 3.68. The predicted molar refractivity (Wildman–Crippen MR) is 69.6 cm³/mol. The molecule has 0 aliphatic rings. The van der Waals surface area contributed by atoms with Gasteiger partial charge in [0, 0.05) is 30.9 Å². The van der Waals surface area contributed by atoms with Gasteiger partial charge >= 0.3 is 0 Å². The summed E-state index contributed by atoms with van der Waals surface area (Å²) in [4.78, 5) is 0. The van der Waals surface area contributed by atoms with Gasteiger partial charge in [0.05, 0.1) is 27.4 Å². The summed E-state index contributed by atoms with van der Waals surface area (Å²) in [5.74, 6) is 1.65. The molecule has 1 atom stereocenters. The van der Waals surface area contributed by atoms with Gasteiger partial charge in [-0.2, -0.15) is 0 Å². The Bertz CT molecular complexity index is 359. The quantitative estimate of drug-likeness (QED) is 0.656. The first kappa shape index (κ1) is 14.4. The molecule has 18 heavy (non-hydrogen) atoms. The summed E-state index contributed by atoms with van der Waals surface area (Å²) in [7, 11) is 4.65. The lowest BCUT2D eigenvalue weighted by atomic mass is 10.2. The monoisotopic (exact) mass is 256 g/mol. The minimum atomic E-state index is -0.593. The molecule has 1 aromatic carbocycles. The summed E-state index contributed by atoms with van der Waals surface area (Å²) in [6, 6.07) is 3.54. The lowest BCUT2D eigenvalue weighted by molar-refractivity contribution is 0.196. The van der Waals surface area contributed by atoms with Gasteiger partial charge in [0.25, 0.3) is 0 Å². The van der Waals surface area contributed by atoms with Gasteiger partial charge < -0.3 is 30.4 Å². The number of nitrogens with one attached hydrogen (secondary N) is 1. The van der Waals surface area contributed by atoms with Crippen LogP contribution in [0.15, 0.2) is 12.1 Å². The zero-order chi connectivity index (χ0) is 13.5. The van der Waals surface area contributed by atoms with Gasteiger partial charge in [0.2, 0.25) is 5.75 Å². The van der Waals surface area contributed by atoms with E-state index in [0.717, 1.165) is 5.69 Å². The van der Waals surface area contributed by atoms with Crippen molar-refractivity contribution in [3.05, 3.63) is 12.1 Å². The van der Waals surface area contributed by atoms with Gasteiger partial charge in [-0.1, -0.05) is 0 Å². The van der Waals surface area contributed by atoms with Crippen LogP contribution in [-0.4, -0.2) is 45.6 Å². The molecule has 6 heteroatoms. The molecule has 1 aromatic rings. The fraction of sp³-hybridized carbons (Fsp3) is 0.500. The van der Waals surface area contributed by atoms with Crippen LogP contribution in [0.3, 0.4) is 0 Å². The first-order valence-electron chi connectivity index (χ1n) is 5.58. The molecule has 0 radical (unpaired) electrons. The minimum absolute atomic E-state index is 0.206. The summed E-state index contributed by atoms with van der Waals surface area (Å²) in [6.45, 7) is 0.562. The van der Waals surface area contributed by atoms with Crippen LogP contribution in [0.1, 0.15) is 0 Å². The molecule has 0 saturated carbocycles. The van der Waals surface area contributed by atoms with Crippen molar-refractivity contribution in [1.29, 1.82) is 0 Å². The molecular weight excluding hydrogens is 236 g/mol. The van der Waals surface area contributed by atoms with Gasteiger partial charge in [-0.3, -0.25) is 0 Å². The topological polar surface area (TPSA) is 86.0 Å². The third kappa shape index (κ3) is 3.41. The van der Waals surface area contributed by atoms with Gasteiger partial charge in [-0.15, -0.1) is 0 Å². The average molecular weight is 256 g/mol. The molecule has 6 nitrogen and oxygen atoms in total. The highest BCUT2D eigenvalue weighted by molar-refractivity contribution is 5.62. The highest BCUT2D eigenvalue weighted by Crippen LogP contribution is 2.39. The molecular formula is C12H20N2O4. The van der Waals surface area contributed by atoms with Crippen LogP contribution in [0, 0.1) is 0 Å². The lowest BCUT2D eigenvalue weighted by Gasteiger charge is -2.16. The van der Waals surface area contributed by atoms with Crippen molar-refractivity contribution >= 4 is 5.69 Å². The fourth-order valence-corrected chi connectivity index (χ4v) is 1.50. The van der Waals surface area contributed by atoms with E-state index in [2.05, 4.69) is 5.32 Å². The number of methoxy groups -OCH3 is 3. The summed E-state index contributed by atoms with van der Waals surface area (Å²) in [6.07, 6.45) is -0.593. The highest BCUT2D eigenvalue weighted by Gasteiger charge is 2.13. The number of anilines is 1. The van der Waals surface area contributed by atoms with Crippen LogP contribution in [0.2, 0.25) is 0 Å². The Morgan fingerprint density at radius 3 is 2.11 bits per heavy atom. The zero-order valence-corrected chi connectivity index (χ0v) is 10.9. The van der Waals surface area contributed by atoms with Crippen molar-refractivity contribution in [1.82, 2.24) is 0 Å². The summed E-state index contributed by atoms with van der Waals surface area (Å²) in [5, 5.41) is 12.4. The van der Waals surface area contributed by atoms with Crippen molar-refractivity contribution in [2.24, 2.45) is 5.73 Å². The molecule has 0 amide bonds. The van der Waals surface area contributed by atoms with Crippen LogP contribution < -0.4 is 25.3 Å². The number of benzene rings is 1. The molecule has 0 bridgehead atoms. The number of rotatable bonds is 7. The Balaban J connectivity index is 2.93. The van der Waals surface area contributed by atoms with Crippen molar-refractivity contribution < 1.29 is 19.3 Å². The minimum Gasteiger partial charge on any atom is -0.493 e. The highest BCUT2D eigenvalue weighted by atomic mass is 16.5. The molecule has 0 saturated heterocycles. The van der Waals surface area contributed by atoms with E-state index in [-0.39, 0.29) is 6.54 Å². The van der Waals surface area contributed by atoms with Crippen molar-refractivity contribution in [3.8, 4) is 17.2 Å². The molecule has 1 unspecified atom stereocenters. The van der Waals surface area contributed by atoms with Gasteiger partial charge in [0.1, 0.15) is 0 Å². The molecule has 1 rings (SSSR count). The molecule has 0 aliphatic carbocycles. The molecule has 0 fully saturated rings. The largest absolute Gasteiger partial charge is 0.493 e. The number of ether oxygens (including phenoxy) is 3. The van der Waals surface area contributed by atoms with E-state index in [1.165, 1.54) is 0 Å². The predicted octanol–water partition coefficient (Wildman–Crippen LogP) is 0.444. The molecule has 102 valence electrons. The van der Waals surface area contributed by atoms with E-state index in [0.29, 0.717) is 23.8 Å². The molecule has 0 spiro atoms. The summed E-state index contributed by atoms with van der Waals surface area (Å²) >= 11 is 0. The second kappa shape index (κ2) is 6.93. The van der Waals surface area contributed by atoms with Crippen molar-refractivity contribution in [3.63, 3.8) is 0 Å². The van der Waals surface area contributed by atoms with Crippen LogP contribution in [0.25, 0.3) is 0 Å². The van der Waals surface area contributed by atoms with Gasteiger partial charge in [0.15, 0.2) is 11.5 Å². The lowest BCUT2D eigenvalue weighted by Crippen LogP contribution is -2.27. The second-order valence-electron chi connectivity index (χ2n) is 3.68. The van der Waals surface area contributed by atoms with Gasteiger partial charge in [-0.25, -0.2) is 0 Å². The summed E-state index contributed by atoms with van der Waals surface area (Å²) < 4.78 is 15.7. The van der Waals surface area contributed by atoms with Crippen molar-refractivity contribution in [2.75, 3.05) is 39.7 Å². The summed E-state index contributed by atoms with van der Waals surface area (Å²) in [5.41, 5.74) is 6.10. The smallest absolute Gasteiger partial charge is 0.203 e. The first-order chi connectivity index (χ1) is 8.65. The van der Waals surface area contributed by atoms with E-state index in [1.54, 1.807) is 33.5 Å². The van der Waals surface area contributed by atoms with E-state index in [1.807, 2.05) is 0 Å². The Hall–Kier alpha value is -1.66.